The maximum atomic E-state index is 12.8. The summed E-state index contributed by atoms with van der Waals surface area (Å²) in [6.45, 7) is 5.82. The number of aryl methyl sites for hydroxylation is 1. The highest BCUT2D eigenvalue weighted by Gasteiger charge is 2.21. The van der Waals surface area contributed by atoms with E-state index in [0.29, 0.717) is 19.6 Å². The minimum Gasteiger partial charge on any atom is -0.341 e. The number of benzene rings is 2. The van der Waals surface area contributed by atoms with Gasteiger partial charge in [-0.2, -0.15) is 0 Å². The van der Waals surface area contributed by atoms with Crippen molar-refractivity contribution in [2.45, 2.75) is 26.2 Å². The molecule has 0 aliphatic rings. The summed E-state index contributed by atoms with van der Waals surface area (Å²) in [6, 6.07) is 18.4. The van der Waals surface area contributed by atoms with Gasteiger partial charge in [-0.3, -0.25) is 4.79 Å². The van der Waals surface area contributed by atoms with Gasteiger partial charge in [-0.1, -0.05) is 60.2 Å². The second-order valence-corrected chi connectivity index (χ2v) is 5.99. The average molecular weight is 310 g/mol. The van der Waals surface area contributed by atoms with Crippen LogP contribution in [0.15, 0.2) is 54.6 Å². The lowest BCUT2D eigenvalue weighted by molar-refractivity contribution is -0.132. The van der Waals surface area contributed by atoms with Crippen molar-refractivity contribution in [2.75, 3.05) is 19.6 Å². The molecule has 0 aliphatic carbocycles. The Hall–Kier alpha value is -2.13. The molecule has 0 saturated carbocycles. The lowest BCUT2D eigenvalue weighted by atomic mass is 9.97. The van der Waals surface area contributed by atoms with Crippen LogP contribution in [0, 0.1) is 6.92 Å². The fraction of sp³-hybridized carbons (Fsp3) is 0.350. The van der Waals surface area contributed by atoms with Crippen molar-refractivity contribution in [3.05, 3.63) is 71.3 Å². The molecule has 1 atom stereocenters. The normalized spacial score (nSPS) is 12.0. The Morgan fingerprint density at radius 1 is 1.09 bits per heavy atom. The van der Waals surface area contributed by atoms with Gasteiger partial charge in [0.15, 0.2) is 0 Å². The van der Waals surface area contributed by atoms with Crippen molar-refractivity contribution < 1.29 is 4.79 Å². The molecule has 1 amide bonds. The Bertz CT molecular complexity index is 625. The van der Waals surface area contributed by atoms with Crippen LogP contribution >= 0.6 is 0 Å². The van der Waals surface area contributed by atoms with Gasteiger partial charge in [-0.05, 0) is 31.4 Å². The van der Waals surface area contributed by atoms with Crippen LogP contribution in [-0.4, -0.2) is 30.4 Å². The number of amides is 1. The summed E-state index contributed by atoms with van der Waals surface area (Å²) >= 11 is 0. The van der Waals surface area contributed by atoms with Crippen LogP contribution in [0.4, 0.5) is 0 Å². The molecule has 0 radical (unpaired) electrons. The highest BCUT2D eigenvalue weighted by Crippen LogP contribution is 2.19. The van der Waals surface area contributed by atoms with Crippen molar-refractivity contribution >= 4 is 5.91 Å². The van der Waals surface area contributed by atoms with E-state index in [2.05, 4.69) is 18.2 Å². The number of nitrogens with two attached hydrogens (primary N) is 1. The maximum absolute atomic E-state index is 12.8. The van der Waals surface area contributed by atoms with Crippen molar-refractivity contribution in [2.24, 2.45) is 5.73 Å². The summed E-state index contributed by atoms with van der Waals surface area (Å²) in [4.78, 5) is 14.7. The molecule has 2 aromatic rings. The molecule has 2 N–H and O–H groups in total. The summed E-state index contributed by atoms with van der Waals surface area (Å²) in [5.41, 5.74) is 9.19. The molecule has 2 rings (SSSR count). The maximum Gasteiger partial charge on any atom is 0.229 e. The summed E-state index contributed by atoms with van der Waals surface area (Å²) in [6.07, 6.45) is 0.854. The highest BCUT2D eigenvalue weighted by molar-refractivity contribution is 5.83. The third-order valence-electron chi connectivity index (χ3n) is 4.14. The Morgan fingerprint density at radius 3 is 2.48 bits per heavy atom. The van der Waals surface area contributed by atoms with Gasteiger partial charge in [0.05, 0.1) is 5.92 Å². The number of carbonyl (C=O) groups excluding carboxylic acids is 1. The van der Waals surface area contributed by atoms with Gasteiger partial charge in [-0.15, -0.1) is 0 Å². The first-order valence-electron chi connectivity index (χ1n) is 8.21. The zero-order valence-corrected chi connectivity index (χ0v) is 14.0. The van der Waals surface area contributed by atoms with Crippen LogP contribution in [0.25, 0.3) is 0 Å². The molecule has 0 heterocycles. The fourth-order valence-corrected chi connectivity index (χ4v) is 2.75. The van der Waals surface area contributed by atoms with Crippen molar-refractivity contribution in [1.82, 2.24) is 4.90 Å². The smallest absolute Gasteiger partial charge is 0.229 e. The van der Waals surface area contributed by atoms with E-state index in [0.717, 1.165) is 12.0 Å². The number of carbonyl (C=O) groups is 1. The van der Waals surface area contributed by atoms with Crippen LogP contribution in [-0.2, 0) is 11.2 Å². The molecule has 2 aromatic carbocycles. The molecule has 0 fully saturated rings. The van der Waals surface area contributed by atoms with Gasteiger partial charge in [-0.25, -0.2) is 0 Å². The minimum absolute atomic E-state index is 0.141. The molecule has 3 nitrogen and oxygen atoms in total. The van der Waals surface area contributed by atoms with Crippen molar-refractivity contribution in [3.63, 3.8) is 0 Å². The van der Waals surface area contributed by atoms with E-state index in [1.807, 2.05) is 55.1 Å². The molecular formula is C20H26N2O. The Kier molecular flexibility index (Phi) is 6.36. The third kappa shape index (κ3) is 4.93. The summed E-state index contributed by atoms with van der Waals surface area (Å²) in [7, 11) is 0. The molecule has 0 aliphatic heterocycles. The number of hydrogen-bond donors (Lipinski definition) is 1. The van der Waals surface area contributed by atoms with Gasteiger partial charge >= 0.3 is 0 Å². The predicted molar refractivity (Wildman–Crippen MR) is 95.4 cm³/mol. The lowest BCUT2D eigenvalue weighted by Gasteiger charge is -2.26. The minimum atomic E-state index is -0.141. The third-order valence-corrected chi connectivity index (χ3v) is 4.14. The molecule has 0 aromatic heterocycles. The van der Waals surface area contributed by atoms with Gasteiger partial charge in [0.2, 0.25) is 5.91 Å². The van der Waals surface area contributed by atoms with Gasteiger partial charge in [0.1, 0.15) is 0 Å². The van der Waals surface area contributed by atoms with Crippen molar-refractivity contribution in [1.29, 1.82) is 0 Å². The second kappa shape index (κ2) is 8.49. The Morgan fingerprint density at radius 2 is 1.83 bits per heavy atom. The van der Waals surface area contributed by atoms with Gasteiger partial charge < -0.3 is 10.6 Å². The van der Waals surface area contributed by atoms with Gasteiger partial charge in [0.25, 0.3) is 0 Å². The Balaban J connectivity index is 2.05. The second-order valence-electron chi connectivity index (χ2n) is 5.99. The number of hydrogen-bond acceptors (Lipinski definition) is 2. The molecule has 1 unspecified atom stereocenters. The van der Waals surface area contributed by atoms with Crippen molar-refractivity contribution in [3.8, 4) is 0 Å². The molecule has 23 heavy (non-hydrogen) atoms. The fourth-order valence-electron chi connectivity index (χ4n) is 2.75. The summed E-state index contributed by atoms with van der Waals surface area (Å²) < 4.78 is 0. The SMILES string of the molecule is Cc1cccc(C(C)C(=O)N(CCN)CCc2ccccc2)c1. The highest BCUT2D eigenvalue weighted by atomic mass is 16.2. The Labute approximate surface area is 139 Å². The van der Waals surface area contributed by atoms with E-state index in [-0.39, 0.29) is 11.8 Å². The molecule has 0 spiro atoms. The molecule has 122 valence electrons. The summed E-state index contributed by atoms with van der Waals surface area (Å²) in [5, 5.41) is 0. The first-order chi connectivity index (χ1) is 11.1. The van der Waals surface area contributed by atoms with Crippen LogP contribution < -0.4 is 5.73 Å². The van der Waals surface area contributed by atoms with E-state index in [1.54, 1.807) is 0 Å². The standard InChI is InChI=1S/C20H26N2O/c1-16-7-6-10-19(15-16)17(2)20(23)22(14-12-21)13-11-18-8-4-3-5-9-18/h3-10,15,17H,11-14,21H2,1-2H3. The van der Waals surface area contributed by atoms with Crippen LogP contribution in [0.3, 0.4) is 0 Å². The quantitative estimate of drug-likeness (QED) is 0.854. The van der Waals surface area contributed by atoms with E-state index in [4.69, 9.17) is 5.73 Å². The lowest BCUT2D eigenvalue weighted by Crippen LogP contribution is -2.39. The molecular weight excluding hydrogens is 284 g/mol. The van der Waals surface area contributed by atoms with Crippen LogP contribution in [0.2, 0.25) is 0 Å². The van der Waals surface area contributed by atoms with E-state index in [9.17, 15) is 4.79 Å². The zero-order valence-electron chi connectivity index (χ0n) is 14.0. The largest absolute Gasteiger partial charge is 0.341 e. The van der Waals surface area contributed by atoms with E-state index in [1.165, 1.54) is 11.1 Å². The average Bonchev–Trinajstić information content (AvgIpc) is 2.58. The van der Waals surface area contributed by atoms with E-state index < -0.39 is 0 Å². The van der Waals surface area contributed by atoms with Crippen LogP contribution in [0.5, 0.6) is 0 Å². The molecule has 0 saturated heterocycles. The number of rotatable bonds is 7. The first kappa shape index (κ1) is 17.2. The molecule has 3 heteroatoms. The first-order valence-corrected chi connectivity index (χ1v) is 8.21. The summed E-state index contributed by atoms with van der Waals surface area (Å²) in [5.74, 6) is 0.00852. The predicted octanol–water partition coefficient (Wildman–Crippen LogP) is 3.13. The molecule has 0 bridgehead atoms. The van der Waals surface area contributed by atoms with E-state index >= 15 is 0 Å². The zero-order chi connectivity index (χ0) is 16.7. The van der Waals surface area contributed by atoms with Gasteiger partial charge in [0, 0.05) is 19.6 Å². The monoisotopic (exact) mass is 310 g/mol. The number of nitrogens with zero attached hydrogens (tertiary/aromatic N) is 1. The topological polar surface area (TPSA) is 46.3 Å². The van der Waals surface area contributed by atoms with Crippen LogP contribution in [0.1, 0.15) is 29.5 Å².